The first kappa shape index (κ1) is 11.8. The molecule has 5 heteroatoms. The van der Waals surface area contributed by atoms with Crippen LogP contribution in [0.3, 0.4) is 0 Å². The predicted molar refractivity (Wildman–Crippen MR) is 67.0 cm³/mol. The molecular weight excluding hydrogens is 338 g/mol. The van der Waals surface area contributed by atoms with Gasteiger partial charge in [-0.25, -0.2) is 0 Å². The highest BCUT2D eigenvalue weighted by Gasteiger charge is 2.37. The molecule has 0 saturated carbocycles. The first-order valence-electron chi connectivity index (χ1n) is 4.75. The number of likely N-dealkylation sites (tertiary alicyclic amines) is 1. The molecule has 0 aliphatic carbocycles. The standard InChI is InChI=1S/C11H9Br2NO2/c1-14-10(15)5-9(11(14)16)6-2-7(12)4-8(13)3-6/h2-4,9H,5H2,1H3. The van der Waals surface area contributed by atoms with Crippen LogP contribution in [0.5, 0.6) is 0 Å². The normalized spacial score (nSPS) is 20.7. The molecule has 1 aromatic rings. The minimum Gasteiger partial charge on any atom is -0.285 e. The summed E-state index contributed by atoms with van der Waals surface area (Å²) >= 11 is 6.74. The number of carbonyl (C=O) groups excluding carboxylic acids is 2. The third kappa shape index (κ3) is 2.06. The van der Waals surface area contributed by atoms with E-state index in [4.69, 9.17) is 0 Å². The van der Waals surface area contributed by atoms with E-state index in [1.54, 1.807) is 0 Å². The molecule has 0 spiro atoms. The van der Waals surface area contributed by atoms with Crippen molar-refractivity contribution < 1.29 is 9.59 Å². The Kier molecular flexibility index (Phi) is 3.17. The molecule has 0 aromatic heterocycles. The molecule has 84 valence electrons. The van der Waals surface area contributed by atoms with E-state index in [9.17, 15) is 9.59 Å². The first-order chi connectivity index (χ1) is 7.49. The van der Waals surface area contributed by atoms with Crippen LogP contribution in [0.15, 0.2) is 27.1 Å². The van der Waals surface area contributed by atoms with E-state index in [0.717, 1.165) is 14.5 Å². The molecule has 2 rings (SSSR count). The zero-order valence-corrected chi connectivity index (χ0v) is 11.7. The number of imide groups is 1. The number of rotatable bonds is 1. The highest BCUT2D eigenvalue weighted by Crippen LogP contribution is 2.32. The van der Waals surface area contributed by atoms with Crippen LogP contribution >= 0.6 is 31.9 Å². The molecule has 16 heavy (non-hydrogen) atoms. The number of amides is 2. The smallest absolute Gasteiger partial charge is 0.236 e. The fourth-order valence-corrected chi connectivity index (χ4v) is 3.12. The number of halogens is 2. The van der Waals surface area contributed by atoms with Crippen LogP contribution in [0.2, 0.25) is 0 Å². The minimum absolute atomic E-state index is 0.119. The zero-order chi connectivity index (χ0) is 11.9. The van der Waals surface area contributed by atoms with E-state index < -0.39 is 0 Å². The Labute approximate surface area is 110 Å². The summed E-state index contributed by atoms with van der Waals surface area (Å²) in [5.41, 5.74) is 0.865. The summed E-state index contributed by atoms with van der Waals surface area (Å²) in [6, 6.07) is 5.65. The van der Waals surface area contributed by atoms with Gasteiger partial charge in [-0.3, -0.25) is 14.5 Å². The van der Waals surface area contributed by atoms with Crippen molar-refractivity contribution in [3.05, 3.63) is 32.7 Å². The number of benzene rings is 1. The molecule has 1 saturated heterocycles. The molecule has 1 fully saturated rings. The fourth-order valence-electron chi connectivity index (χ4n) is 1.79. The van der Waals surface area contributed by atoms with Gasteiger partial charge in [-0.2, -0.15) is 0 Å². The maximum atomic E-state index is 11.8. The van der Waals surface area contributed by atoms with Crippen LogP contribution in [0, 0.1) is 0 Å². The van der Waals surface area contributed by atoms with Crippen LogP contribution < -0.4 is 0 Å². The Morgan fingerprint density at radius 3 is 2.19 bits per heavy atom. The van der Waals surface area contributed by atoms with E-state index in [1.165, 1.54) is 11.9 Å². The second-order valence-corrected chi connectivity index (χ2v) is 5.58. The van der Waals surface area contributed by atoms with Gasteiger partial charge in [-0.15, -0.1) is 0 Å². The molecule has 1 atom stereocenters. The monoisotopic (exact) mass is 345 g/mol. The lowest BCUT2D eigenvalue weighted by atomic mass is 9.98. The molecule has 1 unspecified atom stereocenters. The quantitative estimate of drug-likeness (QED) is 0.733. The van der Waals surface area contributed by atoms with E-state index in [1.807, 2.05) is 18.2 Å². The molecule has 1 aromatic carbocycles. The van der Waals surface area contributed by atoms with Crippen molar-refractivity contribution in [2.45, 2.75) is 12.3 Å². The molecule has 0 N–H and O–H groups in total. The van der Waals surface area contributed by atoms with Crippen molar-refractivity contribution in [1.29, 1.82) is 0 Å². The number of hydrogen-bond acceptors (Lipinski definition) is 2. The third-order valence-corrected chi connectivity index (χ3v) is 3.58. The SMILES string of the molecule is CN1C(=O)CC(c2cc(Br)cc(Br)c2)C1=O. The van der Waals surface area contributed by atoms with E-state index in [-0.39, 0.29) is 24.2 Å². The third-order valence-electron chi connectivity index (χ3n) is 2.67. The summed E-state index contributed by atoms with van der Waals surface area (Å²) in [7, 11) is 1.53. The Morgan fingerprint density at radius 1 is 1.19 bits per heavy atom. The van der Waals surface area contributed by atoms with Gasteiger partial charge in [0, 0.05) is 22.4 Å². The lowest BCUT2D eigenvalue weighted by molar-refractivity contribution is -0.137. The van der Waals surface area contributed by atoms with Gasteiger partial charge in [0.15, 0.2) is 0 Å². The van der Waals surface area contributed by atoms with Crippen LogP contribution in [0.1, 0.15) is 17.9 Å². The fraction of sp³-hybridized carbons (Fsp3) is 0.273. The lowest BCUT2D eigenvalue weighted by Crippen LogP contribution is -2.25. The molecule has 0 bridgehead atoms. The topological polar surface area (TPSA) is 37.4 Å². The van der Waals surface area contributed by atoms with Crippen LogP contribution in [-0.4, -0.2) is 23.8 Å². The summed E-state index contributed by atoms with van der Waals surface area (Å²) in [4.78, 5) is 24.4. The van der Waals surface area contributed by atoms with Gasteiger partial charge in [0.25, 0.3) is 0 Å². The summed E-state index contributed by atoms with van der Waals surface area (Å²) in [6.45, 7) is 0. The van der Waals surface area contributed by atoms with Crippen molar-refractivity contribution in [1.82, 2.24) is 4.90 Å². The van der Waals surface area contributed by atoms with Gasteiger partial charge in [-0.1, -0.05) is 31.9 Å². The Hall–Kier alpha value is -0.680. The summed E-state index contributed by atoms with van der Waals surface area (Å²) < 4.78 is 1.79. The summed E-state index contributed by atoms with van der Waals surface area (Å²) in [5.74, 6) is -0.590. The van der Waals surface area contributed by atoms with Gasteiger partial charge < -0.3 is 0 Å². The Balaban J connectivity index is 2.38. The van der Waals surface area contributed by atoms with Crippen LogP contribution in [0.25, 0.3) is 0 Å². The second kappa shape index (κ2) is 4.30. The second-order valence-electron chi connectivity index (χ2n) is 3.75. The summed E-state index contributed by atoms with van der Waals surface area (Å²) in [6.07, 6.45) is 0.262. The predicted octanol–water partition coefficient (Wildman–Crippen LogP) is 2.68. The molecule has 1 heterocycles. The van der Waals surface area contributed by atoms with Crippen molar-refractivity contribution in [3.8, 4) is 0 Å². The molecule has 2 amide bonds. The molecule has 0 radical (unpaired) electrons. The summed E-state index contributed by atoms with van der Waals surface area (Å²) in [5, 5.41) is 0. The van der Waals surface area contributed by atoms with Gasteiger partial charge in [0.2, 0.25) is 11.8 Å². The van der Waals surface area contributed by atoms with Crippen LogP contribution in [-0.2, 0) is 9.59 Å². The van der Waals surface area contributed by atoms with Crippen molar-refractivity contribution >= 4 is 43.7 Å². The van der Waals surface area contributed by atoms with Crippen molar-refractivity contribution in [3.63, 3.8) is 0 Å². The van der Waals surface area contributed by atoms with Gasteiger partial charge in [0.05, 0.1) is 5.92 Å². The molecule has 1 aliphatic heterocycles. The van der Waals surface area contributed by atoms with Gasteiger partial charge in [-0.05, 0) is 23.8 Å². The highest BCUT2D eigenvalue weighted by molar-refractivity contribution is 9.11. The van der Waals surface area contributed by atoms with Gasteiger partial charge in [0.1, 0.15) is 0 Å². The lowest BCUT2D eigenvalue weighted by Gasteiger charge is -2.10. The zero-order valence-electron chi connectivity index (χ0n) is 8.54. The first-order valence-corrected chi connectivity index (χ1v) is 6.34. The average Bonchev–Trinajstić information content (AvgIpc) is 2.44. The van der Waals surface area contributed by atoms with Crippen LogP contribution in [0.4, 0.5) is 0 Å². The van der Waals surface area contributed by atoms with E-state index in [2.05, 4.69) is 31.9 Å². The number of nitrogens with zero attached hydrogens (tertiary/aromatic N) is 1. The maximum Gasteiger partial charge on any atom is 0.236 e. The number of hydrogen-bond donors (Lipinski definition) is 0. The van der Waals surface area contributed by atoms with E-state index in [0.29, 0.717) is 0 Å². The number of carbonyl (C=O) groups is 2. The average molecular weight is 347 g/mol. The Bertz CT molecular complexity index is 453. The molecular formula is C11H9Br2NO2. The Morgan fingerprint density at radius 2 is 1.75 bits per heavy atom. The van der Waals surface area contributed by atoms with Crippen molar-refractivity contribution in [2.75, 3.05) is 7.05 Å². The van der Waals surface area contributed by atoms with Crippen molar-refractivity contribution in [2.24, 2.45) is 0 Å². The molecule has 1 aliphatic rings. The molecule has 3 nitrogen and oxygen atoms in total. The van der Waals surface area contributed by atoms with E-state index >= 15 is 0 Å². The number of likely N-dealkylation sites (N-methyl/N-ethyl adjacent to an activating group) is 1. The highest BCUT2D eigenvalue weighted by atomic mass is 79.9. The minimum atomic E-state index is -0.341. The van der Waals surface area contributed by atoms with Gasteiger partial charge >= 0.3 is 0 Å². The maximum absolute atomic E-state index is 11.8. The largest absolute Gasteiger partial charge is 0.285 e.